The first kappa shape index (κ1) is 19.2. The molecule has 0 spiro atoms. The van der Waals surface area contributed by atoms with Crippen LogP contribution < -0.4 is 4.74 Å². The van der Waals surface area contributed by atoms with E-state index in [-0.39, 0.29) is 6.61 Å². The number of rotatable bonds is 6. The molecule has 1 unspecified atom stereocenters. The summed E-state index contributed by atoms with van der Waals surface area (Å²) in [6.45, 7) is 0.272. The van der Waals surface area contributed by atoms with Gasteiger partial charge in [-0.2, -0.15) is 0 Å². The maximum absolute atomic E-state index is 14.3. The highest BCUT2D eigenvalue weighted by Gasteiger charge is 2.12. The Balaban J connectivity index is 1.90. The number of ether oxygens (including phenoxy) is 1. The van der Waals surface area contributed by atoms with Crippen LogP contribution in [0.3, 0.4) is 0 Å². The number of hydrogen-bond donors (Lipinski definition) is 0. The van der Waals surface area contributed by atoms with Crippen molar-refractivity contribution in [2.24, 2.45) is 0 Å². The standard InChI is InChI=1S/C19H16BrFO3S2/c1-25-18(26(2)22)10-14-16(21)4-3-5-17(14)24-11-12-8-13-6-7-23-19(13)15(20)9-12/h3-10H,11H2,1-2H3/b18-10+. The second-order valence-corrected chi connectivity index (χ2v) is 8.79. The molecule has 1 heterocycles. The van der Waals surface area contributed by atoms with Crippen LogP contribution in [0.5, 0.6) is 5.75 Å². The summed E-state index contributed by atoms with van der Waals surface area (Å²) in [5, 5.41) is 0.961. The highest BCUT2D eigenvalue weighted by Crippen LogP contribution is 2.30. The Labute approximate surface area is 166 Å². The lowest BCUT2D eigenvalue weighted by molar-refractivity contribution is 0.304. The van der Waals surface area contributed by atoms with E-state index < -0.39 is 16.6 Å². The molecule has 0 fully saturated rings. The first-order valence-corrected chi connectivity index (χ1v) is 11.2. The third-order valence-corrected chi connectivity index (χ3v) is 6.72. The van der Waals surface area contributed by atoms with Gasteiger partial charge in [-0.1, -0.05) is 6.07 Å². The summed E-state index contributed by atoms with van der Waals surface area (Å²) in [6.07, 6.45) is 6.60. The van der Waals surface area contributed by atoms with Gasteiger partial charge in [0.2, 0.25) is 0 Å². The minimum Gasteiger partial charge on any atom is -0.488 e. The van der Waals surface area contributed by atoms with E-state index in [0.29, 0.717) is 15.6 Å². The Bertz CT molecular complexity index is 998. The Morgan fingerprint density at radius 2 is 2.19 bits per heavy atom. The number of thioether (sulfide) groups is 1. The maximum atomic E-state index is 14.3. The quantitative estimate of drug-likeness (QED) is 0.460. The molecule has 0 radical (unpaired) electrons. The zero-order valence-corrected chi connectivity index (χ0v) is 17.3. The van der Waals surface area contributed by atoms with E-state index in [1.807, 2.05) is 24.5 Å². The first-order chi connectivity index (χ1) is 12.5. The van der Waals surface area contributed by atoms with E-state index in [0.717, 1.165) is 21.0 Å². The fourth-order valence-electron chi connectivity index (χ4n) is 2.50. The SMILES string of the molecule is CS/C(=C\c1c(F)cccc1OCc1cc(Br)c2occc2c1)S(C)=O. The predicted octanol–water partition coefficient (Wildman–Crippen LogP) is 5.95. The molecule has 26 heavy (non-hydrogen) atoms. The van der Waals surface area contributed by atoms with Crippen molar-refractivity contribution in [3.63, 3.8) is 0 Å². The van der Waals surface area contributed by atoms with Crippen molar-refractivity contribution < 1.29 is 17.8 Å². The van der Waals surface area contributed by atoms with Crippen molar-refractivity contribution in [1.29, 1.82) is 0 Å². The monoisotopic (exact) mass is 454 g/mol. The van der Waals surface area contributed by atoms with E-state index in [4.69, 9.17) is 9.15 Å². The van der Waals surface area contributed by atoms with E-state index in [1.165, 1.54) is 17.8 Å². The van der Waals surface area contributed by atoms with E-state index in [1.54, 1.807) is 30.7 Å². The molecular weight excluding hydrogens is 439 g/mol. The average Bonchev–Trinajstić information content (AvgIpc) is 3.08. The summed E-state index contributed by atoms with van der Waals surface area (Å²) in [4.78, 5) is 0. The lowest BCUT2D eigenvalue weighted by Gasteiger charge is -2.11. The van der Waals surface area contributed by atoms with Gasteiger partial charge in [0.05, 0.1) is 31.3 Å². The number of benzene rings is 2. The van der Waals surface area contributed by atoms with Gasteiger partial charge in [-0.15, -0.1) is 11.8 Å². The van der Waals surface area contributed by atoms with Gasteiger partial charge in [0.15, 0.2) is 0 Å². The largest absolute Gasteiger partial charge is 0.488 e. The molecule has 136 valence electrons. The van der Waals surface area contributed by atoms with Crippen LogP contribution in [-0.2, 0) is 17.4 Å². The van der Waals surface area contributed by atoms with Crippen LogP contribution >= 0.6 is 27.7 Å². The Morgan fingerprint density at radius 1 is 1.38 bits per heavy atom. The minimum absolute atomic E-state index is 0.272. The normalized spacial score (nSPS) is 13.2. The van der Waals surface area contributed by atoms with Crippen LogP contribution in [-0.4, -0.2) is 16.7 Å². The van der Waals surface area contributed by atoms with Gasteiger partial charge in [-0.05, 0) is 64.2 Å². The van der Waals surface area contributed by atoms with Gasteiger partial charge in [0.25, 0.3) is 0 Å². The van der Waals surface area contributed by atoms with Gasteiger partial charge >= 0.3 is 0 Å². The Morgan fingerprint density at radius 3 is 2.92 bits per heavy atom. The third-order valence-electron chi connectivity index (χ3n) is 3.72. The molecule has 0 N–H and O–H groups in total. The van der Waals surface area contributed by atoms with Crippen LogP contribution in [0.1, 0.15) is 11.1 Å². The van der Waals surface area contributed by atoms with Gasteiger partial charge in [0, 0.05) is 11.6 Å². The number of furan rings is 1. The van der Waals surface area contributed by atoms with Gasteiger partial charge in [-0.3, -0.25) is 4.21 Å². The smallest absolute Gasteiger partial charge is 0.148 e. The molecule has 3 nitrogen and oxygen atoms in total. The number of fused-ring (bicyclic) bond motifs is 1. The number of hydrogen-bond acceptors (Lipinski definition) is 4. The van der Waals surface area contributed by atoms with Gasteiger partial charge in [-0.25, -0.2) is 4.39 Å². The van der Waals surface area contributed by atoms with Crippen molar-refractivity contribution >= 4 is 55.5 Å². The zero-order valence-electron chi connectivity index (χ0n) is 14.1. The van der Waals surface area contributed by atoms with Crippen LogP contribution in [0.2, 0.25) is 0 Å². The topological polar surface area (TPSA) is 39.4 Å². The first-order valence-electron chi connectivity index (χ1n) is 7.65. The Hall–Kier alpha value is -1.57. The summed E-state index contributed by atoms with van der Waals surface area (Å²) in [6, 6.07) is 10.4. The number of halogens is 2. The van der Waals surface area contributed by atoms with Crippen molar-refractivity contribution in [1.82, 2.24) is 0 Å². The molecule has 3 rings (SSSR count). The third kappa shape index (κ3) is 4.22. The lowest BCUT2D eigenvalue weighted by atomic mass is 10.1. The van der Waals surface area contributed by atoms with E-state index >= 15 is 0 Å². The van der Waals surface area contributed by atoms with Crippen molar-refractivity contribution in [3.8, 4) is 5.75 Å². The molecule has 0 bridgehead atoms. The molecule has 0 aliphatic rings. The van der Waals surface area contributed by atoms with Gasteiger partial charge < -0.3 is 9.15 Å². The second kappa shape index (κ2) is 8.41. The predicted molar refractivity (Wildman–Crippen MR) is 110 cm³/mol. The van der Waals surface area contributed by atoms with Crippen LogP contribution in [0.25, 0.3) is 17.0 Å². The van der Waals surface area contributed by atoms with Crippen LogP contribution in [0.15, 0.2) is 55.8 Å². The second-order valence-electron chi connectivity index (χ2n) is 5.48. The summed E-state index contributed by atoms with van der Waals surface area (Å²) >= 11 is 4.81. The van der Waals surface area contributed by atoms with Crippen molar-refractivity contribution in [2.45, 2.75) is 6.61 Å². The highest BCUT2D eigenvalue weighted by atomic mass is 79.9. The molecule has 0 amide bonds. The molecule has 1 aromatic heterocycles. The molecule has 0 aliphatic carbocycles. The van der Waals surface area contributed by atoms with Crippen LogP contribution in [0, 0.1) is 5.82 Å². The lowest BCUT2D eigenvalue weighted by Crippen LogP contribution is -1.99. The summed E-state index contributed by atoms with van der Waals surface area (Å²) < 4.78 is 38.8. The molecule has 1 atom stereocenters. The van der Waals surface area contributed by atoms with E-state index in [9.17, 15) is 8.60 Å². The summed E-state index contributed by atoms with van der Waals surface area (Å²) in [7, 11) is -1.19. The molecule has 0 saturated carbocycles. The molecule has 0 saturated heterocycles. The highest BCUT2D eigenvalue weighted by molar-refractivity contribution is 9.10. The minimum atomic E-state index is -1.19. The summed E-state index contributed by atoms with van der Waals surface area (Å²) in [5.41, 5.74) is 2.00. The van der Waals surface area contributed by atoms with Crippen LogP contribution in [0.4, 0.5) is 4.39 Å². The fourth-order valence-corrected chi connectivity index (χ4v) is 4.58. The molecule has 7 heteroatoms. The zero-order chi connectivity index (χ0) is 18.7. The molecule has 0 aliphatic heterocycles. The van der Waals surface area contributed by atoms with Gasteiger partial charge in [0.1, 0.15) is 23.8 Å². The van der Waals surface area contributed by atoms with E-state index in [2.05, 4.69) is 15.9 Å². The average molecular weight is 455 g/mol. The molecule has 2 aromatic carbocycles. The van der Waals surface area contributed by atoms with Crippen molar-refractivity contribution in [3.05, 3.63) is 68.3 Å². The molecule has 3 aromatic rings. The fraction of sp³-hybridized carbons (Fsp3) is 0.158. The van der Waals surface area contributed by atoms with Crippen molar-refractivity contribution in [2.75, 3.05) is 12.5 Å². The maximum Gasteiger partial charge on any atom is 0.148 e. The Kier molecular flexibility index (Phi) is 6.21. The summed E-state index contributed by atoms with van der Waals surface area (Å²) in [5.74, 6) is -0.00335. The molecular formula is C19H16BrFO3S2.